The van der Waals surface area contributed by atoms with Gasteiger partial charge in [0.05, 0.1) is 6.34 Å². The van der Waals surface area contributed by atoms with Crippen LogP contribution in [0.3, 0.4) is 0 Å². The third kappa shape index (κ3) is 2.32. The Morgan fingerprint density at radius 1 is 1.25 bits per heavy atom. The van der Waals surface area contributed by atoms with Gasteiger partial charge in [-0.2, -0.15) is 0 Å². The topological polar surface area (TPSA) is 28.5 Å². The molecule has 0 fully saturated rings. The van der Waals surface area contributed by atoms with E-state index >= 15 is 0 Å². The van der Waals surface area contributed by atoms with E-state index in [9.17, 15) is 0 Å². The molecule has 0 saturated carbocycles. The highest BCUT2D eigenvalue weighted by atomic mass is 127. The van der Waals surface area contributed by atoms with Gasteiger partial charge >= 0.3 is 0 Å². The Labute approximate surface area is 108 Å². The Bertz CT molecular complexity index is 535. The molecule has 82 valence electrons. The van der Waals surface area contributed by atoms with Gasteiger partial charge in [-0.3, -0.25) is 0 Å². The summed E-state index contributed by atoms with van der Waals surface area (Å²) in [6.07, 6.45) is 3.62. The molecule has 2 rings (SSSR count). The number of halogens is 1. The van der Waals surface area contributed by atoms with E-state index in [1.165, 1.54) is 5.39 Å². The van der Waals surface area contributed by atoms with Crippen molar-refractivity contribution in [2.24, 2.45) is 4.99 Å². The van der Waals surface area contributed by atoms with Crippen molar-refractivity contribution in [2.45, 2.75) is 0 Å². The molecule has 0 unspecified atom stereocenters. The number of rotatable bonds is 2. The number of aromatic nitrogens is 1. The van der Waals surface area contributed by atoms with Gasteiger partial charge in [-0.15, -0.1) is 0 Å². The smallest absolute Gasteiger partial charge is 0.161 e. The lowest BCUT2D eigenvalue weighted by atomic mass is 10.2. The average Bonchev–Trinajstić information content (AvgIpc) is 2.28. The van der Waals surface area contributed by atoms with Crippen LogP contribution in [0.2, 0.25) is 0 Å². The van der Waals surface area contributed by atoms with Gasteiger partial charge in [-0.1, -0.05) is 24.3 Å². The summed E-state index contributed by atoms with van der Waals surface area (Å²) in [5, 5.41) is 2.29. The minimum atomic E-state index is 0.768. The van der Waals surface area contributed by atoms with Gasteiger partial charge in [0.15, 0.2) is 5.82 Å². The molecular weight excluding hydrogens is 313 g/mol. The molecule has 1 aromatic carbocycles. The molecule has 0 N–H and O–H groups in total. The lowest BCUT2D eigenvalue weighted by Crippen LogP contribution is -2.07. The van der Waals surface area contributed by atoms with Crippen LogP contribution in [0.15, 0.2) is 35.5 Å². The molecule has 0 aliphatic heterocycles. The molecule has 0 amide bonds. The Morgan fingerprint density at radius 3 is 2.62 bits per heavy atom. The van der Waals surface area contributed by atoms with Crippen molar-refractivity contribution >= 4 is 45.5 Å². The quantitative estimate of drug-likeness (QED) is 0.482. The van der Waals surface area contributed by atoms with Crippen LogP contribution in [0, 0.1) is 3.57 Å². The van der Waals surface area contributed by atoms with E-state index in [-0.39, 0.29) is 0 Å². The van der Waals surface area contributed by atoms with Crippen LogP contribution in [0.1, 0.15) is 0 Å². The summed E-state index contributed by atoms with van der Waals surface area (Å²) in [6, 6.07) is 8.18. The number of benzene rings is 1. The highest BCUT2D eigenvalue weighted by Crippen LogP contribution is 2.26. The fraction of sp³-hybridized carbons (Fsp3) is 0.167. The molecule has 3 nitrogen and oxygen atoms in total. The maximum atomic E-state index is 4.36. The molecule has 0 aliphatic carbocycles. The van der Waals surface area contributed by atoms with E-state index in [1.807, 2.05) is 43.4 Å². The number of fused-ring (bicyclic) bond motifs is 1. The highest BCUT2D eigenvalue weighted by molar-refractivity contribution is 14.1. The zero-order valence-corrected chi connectivity index (χ0v) is 11.3. The molecule has 0 saturated heterocycles. The first kappa shape index (κ1) is 11.3. The van der Waals surface area contributed by atoms with Crippen molar-refractivity contribution < 1.29 is 0 Å². The Hall–Kier alpha value is -1.17. The van der Waals surface area contributed by atoms with Crippen LogP contribution in [0.25, 0.3) is 10.8 Å². The normalized spacial score (nSPS) is 11.2. The van der Waals surface area contributed by atoms with Crippen LogP contribution < -0.4 is 0 Å². The molecular formula is C12H12IN3. The first-order valence-corrected chi connectivity index (χ1v) is 6.00. The minimum absolute atomic E-state index is 0.768. The summed E-state index contributed by atoms with van der Waals surface area (Å²) in [5.41, 5.74) is 0. The number of nitrogens with zero attached hydrogens (tertiary/aromatic N) is 3. The van der Waals surface area contributed by atoms with E-state index in [2.05, 4.69) is 38.6 Å². The third-order valence-electron chi connectivity index (χ3n) is 2.14. The van der Waals surface area contributed by atoms with Crippen LogP contribution >= 0.6 is 22.6 Å². The maximum Gasteiger partial charge on any atom is 0.161 e. The summed E-state index contributed by atoms with van der Waals surface area (Å²) in [7, 11) is 3.89. The molecule has 0 radical (unpaired) electrons. The van der Waals surface area contributed by atoms with Crippen molar-refractivity contribution in [3.63, 3.8) is 0 Å². The van der Waals surface area contributed by atoms with E-state index in [0.717, 1.165) is 14.8 Å². The Morgan fingerprint density at radius 2 is 1.94 bits per heavy atom. The molecule has 1 aromatic heterocycles. The number of hydrogen-bond donors (Lipinski definition) is 0. The molecule has 2 aromatic rings. The van der Waals surface area contributed by atoms with E-state index in [1.54, 1.807) is 6.34 Å². The van der Waals surface area contributed by atoms with Gasteiger partial charge in [-0.05, 0) is 22.6 Å². The van der Waals surface area contributed by atoms with Gasteiger partial charge in [0.2, 0.25) is 0 Å². The summed E-state index contributed by atoms with van der Waals surface area (Å²) in [5.74, 6) is 0.768. The van der Waals surface area contributed by atoms with Crippen molar-refractivity contribution in [1.29, 1.82) is 0 Å². The van der Waals surface area contributed by atoms with E-state index in [4.69, 9.17) is 0 Å². The second-order valence-corrected chi connectivity index (χ2v) is 4.85. The fourth-order valence-electron chi connectivity index (χ4n) is 1.42. The number of pyridine rings is 1. The molecule has 1 heterocycles. The number of aliphatic imine (C=N–C) groups is 1. The second-order valence-electron chi connectivity index (χ2n) is 3.68. The summed E-state index contributed by atoms with van der Waals surface area (Å²) in [4.78, 5) is 10.6. The predicted molar refractivity (Wildman–Crippen MR) is 76.3 cm³/mol. The second kappa shape index (κ2) is 4.78. The van der Waals surface area contributed by atoms with Crippen molar-refractivity contribution in [3.8, 4) is 0 Å². The van der Waals surface area contributed by atoms with Gasteiger partial charge in [0.25, 0.3) is 0 Å². The zero-order valence-electron chi connectivity index (χ0n) is 9.18. The third-order valence-corrected chi connectivity index (χ3v) is 3.00. The lowest BCUT2D eigenvalue weighted by molar-refractivity contribution is 0.643. The minimum Gasteiger partial charge on any atom is -0.369 e. The maximum absolute atomic E-state index is 4.36. The van der Waals surface area contributed by atoms with Crippen molar-refractivity contribution in [2.75, 3.05) is 14.1 Å². The summed E-state index contributed by atoms with van der Waals surface area (Å²) >= 11 is 2.29. The predicted octanol–water partition coefficient (Wildman–Crippen LogP) is 3.06. The molecule has 4 heteroatoms. The standard InChI is InChI=1S/C12H12IN3/c1-16(2)8-15-12-10-6-4-3-5-9(10)11(13)7-14-12/h3-8H,1-2H3. The Kier molecular flexibility index (Phi) is 3.38. The van der Waals surface area contributed by atoms with Crippen LogP contribution in [0.4, 0.5) is 5.82 Å². The van der Waals surface area contributed by atoms with Crippen LogP contribution in [-0.4, -0.2) is 30.3 Å². The van der Waals surface area contributed by atoms with Gasteiger partial charge in [0, 0.05) is 34.6 Å². The van der Waals surface area contributed by atoms with E-state index in [0.29, 0.717) is 0 Å². The fourth-order valence-corrected chi connectivity index (χ4v) is 2.03. The molecule has 0 atom stereocenters. The average molecular weight is 325 g/mol. The summed E-state index contributed by atoms with van der Waals surface area (Å²) < 4.78 is 1.15. The first-order valence-electron chi connectivity index (χ1n) is 4.92. The molecule has 0 spiro atoms. The Balaban J connectivity index is 2.59. The van der Waals surface area contributed by atoms with E-state index < -0.39 is 0 Å². The SMILES string of the molecule is CN(C)C=Nc1ncc(I)c2ccccc12. The van der Waals surface area contributed by atoms with Gasteiger partial charge < -0.3 is 4.90 Å². The van der Waals surface area contributed by atoms with Crippen molar-refractivity contribution in [1.82, 2.24) is 9.88 Å². The van der Waals surface area contributed by atoms with Crippen molar-refractivity contribution in [3.05, 3.63) is 34.0 Å². The van der Waals surface area contributed by atoms with Crippen LogP contribution in [-0.2, 0) is 0 Å². The highest BCUT2D eigenvalue weighted by Gasteiger charge is 2.03. The molecule has 0 aliphatic rings. The van der Waals surface area contributed by atoms with Gasteiger partial charge in [-0.25, -0.2) is 9.98 Å². The first-order chi connectivity index (χ1) is 7.68. The zero-order chi connectivity index (χ0) is 11.5. The lowest BCUT2D eigenvalue weighted by Gasteiger charge is -2.05. The largest absolute Gasteiger partial charge is 0.369 e. The number of hydrogen-bond acceptors (Lipinski definition) is 2. The molecule has 0 bridgehead atoms. The molecule has 16 heavy (non-hydrogen) atoms. The van der Waals surface area contributed by atoms with Crippen LogP contribution in [0.5, 0.6) is 0 Å². The van der Waals surface area contributed by atoms with Gasteiger partial charge in [0.1, 0.15) is 0 Å². The summed E-state index contributed by atoms with van der Waals surface area (Å²) in [6.45, 7) is 0. The monoisotopic (exact) mass is 325 g/mol.